The third-order valence-corrected chi connectivity index (χ3v) is 4.23. The van der Waals surface area contributed by atoms with Crippen molar-refractivity contribution < 1.29 is 23.5 Å². The molecule has 0 saturated heterocycles. The number of aliphatic carboxylic acids is 1. The summed E-state index contributed by atoms with van der Waals surface area (Å²) in [6, 6.07) is 3.04. The second kappa shape index (κ2) is 4.95. The Balaban J connectivity index is 1.80. The number of rotatable bonds is 3. The second-order valence-electron chi connectivity index (χ2n) is 5.46. The van der Waals surface area contributed by atoms with Crippen LogP contribution in [0.4, 0.5) is 14.5 Å². The summed E-state index contributed by atoms with van der Waals surface area (Å²) in [5, 5.41) is 11.8. The first-order chi connectivity index (χ1) is 9.97. The van der Waals surface area contributed by atoms with Gasteiger partial charge >= 0.3 is 5.97 Å². The summed E-state index contributed by atoms with van der Waals surface area (Å²) < 4.78 is 26.0. The van der Waals surface area contributed by atoms with Gasteiger partial charge in [-0.3, -0.25) is 9.59 Å². The zero-order chi connectivity index (χ0) is 15.1. The number of carbonyl (C=O) groups is 2. The van der Waals surface area contributed by atoms with Gasteiger partial charge in [0.2, 0.25) is 5.91 Å². The van der Waals surface area contributed by atoms with E-state index in [4.69, 9.17) is 0 Å². The fourth-order valence-electron chi connectivity index (χ4n) is 3.32. The van der Waals surface area contributed by atoms with Crippen LogP contribution in [0.2, 0.25) is 0 Å². The third-order valence-electron chi connectivity index (χ3n) is 4.23. The van der Waals surface area contributed by atoms with Crippen molar-refractivity contribution >= 4 is 17.6 Å². The van der Waals surface area contributed by atoms with E-state index in [-0.39, 0.29) is 17.5 Å². The van der Waals surface area contributed by atoms with Gasteiger partial charge in [-0.15, -0.1) is 0 Å². The van der Waals surface area contributed by atoms with Crippen LogP contribution in [0, 0.1) is 35.3 Å². The molecule has 1 aromatic carbocycles. The number of amides is 1. The number of carboxylic acids is 1. The maximum absolute atomic E-state index is 13.1. The Morgan fingerprint density at radius 2 is 1.76 bits per heavy atom. The smallest absolute Gasteiger partial charge is 0.307 e. The van der Waals surface area contributed by atoms with Gasteiger partial charge < -0.3 is 10.4 Å². The SMILES string of the molecule is O=C(O)[C@@H]1[C@@H](C(=O)Nc2ccc(F)c(F)c2)[C@H]2C=C[C@@H]1C2. The van der Waals surface area contributed by atoms with E-state index in [9.17, 15) is 23.5 Å². The molecule has 0 spiro atoms. The Hall–Kier alpha value is -2.24. The molecular formula is C15H13F2NO3. The first-order valence-corrected chi connectivity index (χ1v) is 6.64. The molecule has 0 aliphatic heterocycles. The van der Waals surface area contributed by atoms with Crippen molar-refractivity contribution in [3.05, 3.63) is 42.0 Å². The molecule has 4 nitrogen and oxygen atoms in total. The van der Waals surface area contributed by atoms with Gasteiger partial charge in [0.05, 0.1) is 11.8 Å². The predicted molar refractivity (Wildman–Crippen MR) is 70.3 cm³/mol. The van der Waals surface area contributed by atoms with Gasteiger partial charge in [-0.25, -0.2) is 8.78 Å². The minimum absolute atomic E-state index is 0.110. The van der Waals surface area contributed by atoms with E-state index >= 15 is 0 Å². The van der Waals surface area contributed by atoms with Crippen LogP contribution in [0.25, 0.3) is 0 Å². The molecule has 21 heavy (non-hydrogen) atoms. The van der Waals surface area contributed by atoms with Crippen molar-refractivity contribution in [2.75, 3.05) is 5.32 Å². The number of allylic oxidation sites excluding steroid dienone is 2. The summed E-state index contributed by atoms with van der Waals surface area (Å²) >= 11 is 0. The number of carbonyl (C=O) groups excluding carboxylic acids is 1. The van der Waals surface area contributed by atoms with E-state index in [0.29, 0.717) is 6.42 Å². The summed E-state index contributed by atoms with van der Waals surface area (Å²) in [5.41, 5.74) is 0.120. The minimum Gasteiger partial charge on any atom is -0.481 e. The zero-order valence-corrected chi connectivity index (χ0v) is 10.9. The van der Waals surface area contributed by atoms with Gasteiger partial charge in [-0.1, -0.05) is 12.2 Å². The highest BCUT2D eigenvalue weighted by atomic mass is 19.2. The molecule has 0 heterocycles. The third kappa shape index (κ3) is 2.30. The van der Waals surface area contributed by atoms with Crippen molar-refractivity contribution in [3.8, 4) is 0 Å². The lowest BCUT2D eigenvalue weighted by atomic mass is 9.82. The molecule has 4 atom stereocenters. The summed E-state index contributed by atoms with van der Waals surface area (Å²) in [4.78, 5) is 23.6. The van der Waals surface area contributed by atoms with Gasteiger partial charge in [0.1, 0.15) is 0 Å². The molecule has 2 bridgehead atoms. The maximum Gasteiger partial charge on any atom is 0.307 e. The van der Waals surface area contributed by atoms with E-state index < -0.39 is 35.3 Å². The van der Waals surface area contributed by atoms with Crippen molar-refractivity contribution in [1.82, 2.24) is 0 Å². The highest BCUT2D eigenvalue weighted by Crippen LogP contribution is 2.48. The van der Waals surface area contributed by atoms with E-state index in [1.165, 1.54) is 6.07 Å². The molecule has 6 heteroatoms. The number of nitrogens with one attached hydrogen (secondary N) is 1. The van der Waals surface area contributed by atoms with Crippen LogP contribution in [0.15, 0.2) is 30.4 Å². The standard InChI is InChI=1S/C15H13F2NO3/c16-10-4-3-9(6-11(10)17)18-14(19)12-7-1-2-8(5-7)13(12)15(20)21/h1-4,6-8,12-13H,5H2,(H,18,19)(H,20,21)/t7-,8+,12-,13-/m0/s1. The Morgan fingerprint density at radius 1 is 1.10 bits per heavy atom. The number of anilines is 1. The monoisotopic (exact) mass is 293 g/mol. The molecular weight excluding hydrogens is 280 g/mol. The fourth-order valence-corrected chi connectivity index (χ4v) is 3.32. The molecule has 1 fully saturated rings. The van der Waals surface area contributed by atoms with Crippen LogP contribution in [-0.4, -0.2) is 17.0 Å². The largest absolute Gasteiger partial charge is 0.481 e. The van der Waals surface area contributed by atoms with Crippen molar-refractivity contribution in [2.45, 2.75) is 6.42 Å². The normalized spacial score (nSPS) is 29.6. The second-order valence-corrected chi connectivity index (χ2v) is 5.46. The Morgan fingerprint density at radius 3 is 2.38 bits per heavy atom. The molecule has 1 amide bonds. The number of halogens is 2. The lowest BCUT2D eigenvalue weighted by molar-refractivity contribution is -0.146. The molecule has 0 radical (unpaired) electrons. The minimum atomic E-state index is -1.06. The molecule has 0 unspecified atom stereocenters. The van der Waals surface area contributed by atoms with Gasteiger partial charge in [-0.2, -0.15) is 0 Å². The van der Waals surface area contributed by atoms with Crippen LogP contribution in [-0.2, 0) is 9.59 Å². The van der Waals surface area contributed by atoms with Gasteiger partial charge in [-0.05, 0) is 30.4 Å². The van der Waals surface area contributed by atoms with Crippen molar-refractivity contribution in [1.29, 1.82) is 0 Å². The molecule has 1 aromatic rings. The van der Waals surface area contributed by atoms with E-state index in [1.807, 2.05) is 12.2 Å². The molecule has 2 aliphatic rings. The van der Waals surface area contributed by atoms with E-state index in [0.717, 1.165) is 12.1 Å². The summed E-state index contributed by atoms with van der Waals surface area (Å²) in [6.45, 7) is 0. The van der Waals surface area contributed by atoms with E-state index in [2.05, 4.69) is 5.32 Å². The molecule has 1 saturated carbocycles. The van der Waals surface area contributed by atoms with Crippen molar-refractivity contribution in [2.24, 2.45) is 23.7 Å². The highest BCUT2D eigenvalue weighted by Gasteiger charge is 2.51. The maximum atomic E-state index is 13.1. The van der Waals surface area contributed by atoms with Crippen LogP contribution < -0.4 is 5.32 Å². The van der Waals surface area contributed by atoms with Crippen LogP contribution in [0.1, 0.15) is 6.42 Å². The number of benzene rings is 1. The molecule has 2 aliphatic carbocycles. The van der Waals surface area contributed by atoms with Crippen LogP contribution >= 0.6 is 0 Å². The topological polar surface area (TPSA) is 66.4 Å². The van der Waals surface area contributed by atoms with Crippen LogP contribution in [0.3, 0.4) is 0 Å². The van der Waals surface area contributed by atoms with E-state index in [1.54, 1.807) is 0 Å². The van der Waals surface area contributed by atoms with Gasteiger partial charge in [0.25, 0.3) is 0 Å². The molecule has 2 N–H and O–H groups in total. The van der Waals surface area contributed by atoms with Gasteiger partial charge in [0.15, 0.2) is 11.6 Å². The first-order valence-electron chi connectivity index (χ1n) is 6.64. The fraction of sp³-hybridized carbons (Fsp3) is 0.333. The number of fused-ring (bicyclic) bond motifs is 2. The first kappa shape index (κ1) is 13.7. The number of carboxylic acid groups (broad SMARTS) is 1. The Labute approximate surface area is 119 Å². The van der Waals surface area contributed by atoms with Crippen molar-refractivity contribution in [3.63, 3.8) is 0 Å². The summed E-state index contributed by atoms with van der Waals surface area (Å²) in [5.74, 6) is -5.21. The zero-order valence-electron chi connectivity index (χ0n) is 10.9. The summed E-state index contributed by atoms with van der Waals surface area (Å²) in [6.07, 6.45) is 4.34. The van der Waals surface area contributed by atoms with Gasteiger partial charge in [0, 0.05) is 11.8 Å². The Bertz CT molecular complexity index is 644. The number of hydrogen-bond acceptors (Lipinski definition) is 2. The predicted octanol–water partition coefficient (Wildman–Crippen LogP) is 2.43. The number of hydrogen-bond donors (Lipinski definition) is 2. The molecule has 110 valence electrons. The Kier molecular flexibility index (Phi) is 3.23. The average Bonchev–Trinajstić information content (AvgIpc) is 3.03. The highest BCUT2D eigenvalue weighted by molar-refractivity contribution is 5.96. The average molecular weight is 293 g/mol. The lowest BCUT2D eigenvalue weighted by Gasteiger charge is -2.23. The van der Waals surface area contributed by atoms with Crippen LogP contribution in [0.5, 0.6) is 0 Å². The molecule has 3 rings (SSSR count). The molecule has 0 aromatic heterocycles. The quantitative estimate of drug-likeness (QED) is 0.841. The lowest BCUT2D eigenvalue weighted by Crippen LogP contribution is -2.36. The summed E-state index contributed by atoms with van der Waals surface area (Å²) in [7, 11) is 0.